The zero-order valence-electron chi connectivity index (χ0n) is 11.4. The van der Waals surface area contributed by atoms with Crippen LogP contribution in [0.15, 0.2) is 0 Å². The SMILES string of the molecule is CCCN(CCOC(C)=O)C1CCN(C)CC1. The van der Waals surface area contributed by atoms with E-state index in [4.69, 9.17) is 4.74 Å². The maximum Gasteiger partial charge on any atom is 0.302 e. The molecule has 0 radical (unpaired) electrons. The minimum absolute atomic E-state index is 0.176. The quantitative estimate of drug-likeness (QED) is 0.658. The molecule has 0 bridgehead atoms. The van der Waals surface area contributed by atoms with Gasteiger partial charge >= 0.3 is 5.97 Å². The number of nitrogens with zero attached hydrogens (tertiary/aromatic N) is 2. The van der Waals surface area contributed by atoms with Gasteiger partial charge in [-0.15, -0.1) is 0 Å². The van der Waals surface area contributed by atoms with Gasteiger partial charge < -0.3 is 9.64 Å². The van der Waals surface area contributed by atoms with Crippen molar-refractivity contribution in [2.24, 2.45) is 0 Å². The highest BCUT2D eigenvalue weighted by Gasteiger charge is 2.22. The van der Waals surface area contributed by atoms with Gasteiger partial charge in [-0.25, -0.2) is 0 Å². The molecule has 1 rings (SSSR count). The summed E-state index contributed by atoms with van der Waals surface area (Å²) in [5.74, 6) is -0.176. The second-order valence-corrected chi connectivity index (χ2v) is 4.91. The first-order valence-corrected chi connectivity index (χ1v) is 6.69. The van der Waals surface area contributed by atoms with Crippen LogP contribution in [0.4, 0.5) is 0 Å². The molecule has 0 aromatic rings. The topological polar surface area (TPSA) is 32.8 Å². The fourth-order valence-corrected chi connectivity index (χ4v) is 2.43. The maximum absolute atomic E-state index is 10.8. The summed E-state index contributed by atoms with van der Waals surface area (Å²) in [5, 5.41) is 0. The largest absolute Gasteiger partial charge is 0.465 e. The molecule has 1 fully saturated rings. The molecular formula is C13H26N2O2. The Hall–Kier alpha value is -0.610. The Balaban J connectivity index is 2.33. The Bertz CT molecular complexity index is 225. The number of esters is 1. The number of carbonyl (C=O) groups excluding carboxylic acids is 1. The highest BCUT2D eigenvalue weighted by atomic mass is 16.5. The molecule has 0 spiro atoms. The van der Waals surface area contributed by atoms with Crippen LogP contribution in [-0.2, 0) is 9.53 Å². The van der Waals surface area contributed by atoms with E-state index in [2.05, 4.69) is 23.8 Å². The normalized spacial score (nSPS) is 18.6. The number of likely N-dealkylation sites (tertiary alicyclic amines) is 1. The Morgan fingerprint density at radius 1 is 1.35 bits per heavy atom. The number of hydrogen-bond acceptors (Lipinski definition) is 4. The first kappa shape index (κ1) is 14.5. The molecule has 0 amide bonds. The number of piperidine rings is 1. The summed E-state index contributed by atoms with van der Waals surface area (Å²) >= 11 is 0. The van der Waals surface area contributed by atoms with Crippen LogP contribution in [0.3, 0.4) is 0 Å². The minimum atomic E-state index is -0.176. The number of ether oxygens (including phenoxy) is 1. The van der Waals surface area contributed by atoms with Crippen LogP contribution >= 0.6 is 0 Å². The number of rotatable bonds is 6. The highest BCUT2D eigenvalue weighted by Crippen LogP contribution is 2.15. The summed E-state index contributed by atoms with van der Waals surface area (Å²) in [7, 11) is 2.18. The summed E-state index contributed by atoms with van der Waals surface area (Å²) in [6.45, 7) is 8.55. The van der Waals surface area contributed by atoms with Crippen molar-refractivity contribution in [3.63, 3.8) is 0 Å². The minimum Gasteiger partial charge on any atom is -0.465 e. The standard InChI is InChI=1S/C13H26N2O2/c1-4-7-15(10-11-17-12(2)16)13-5-8-14(3)9-6-13/h13H,4-11H2,1-3H3. The molecule has 17 heavy (non-hydrogen) atoms. The molecule has 1 heterocycles. The van der Waals surface area contributed by atoms with Crippen LogP contribution in [-0.4, -0.2) is 61.6 Å². The van der Waals surface area contributed by atoms with Crippen LogP contribution < -0.4 is 0 Å². The molecule has 100 valence electrons. The van der Waals surface area contributed by atoms with Gasteiger partial charge in [0.2, 0.25) is 0 Å². The molecule has 0 unspecified atom stereocenters. The van der Waals surface area contributed by atoms with Crippen molar-refractivity contribution >= 4 is 5.97 Å². The van der Waals surface area contributed by atoms with Gasteiger partial charge in [-0.2, -0.15) is 0 Å². The third-order valence-electron chi connectivity index (χ3n) is 3.40. The van der Waals surface area contributed by atoms with Crippen LogP contribution in [0.5, 0.6) is 0 Å². The van der Waals surface area contributed by atoms with Gasteiger partial charge in [0, 0.05) is 19.5 Å². The van der Waals surface area contributed by atoms with E-state index in [-0.39, 0.29) is 5.97 Å². The van der Waals surface area contributed by atoms with E-state index >= 15 is 0 Å². The highest BCUT2D eigenvalue weighted by molar-refractivity contribution is 5.65. The molecule has 0 aromatic heterocycles. The summed E-state index contributed by atoms with van der Waals surface area (Å²) in [6, 6.07) is 0.668. The second-order valence-electron chi connectivity index (χ2n) is 4.91. The van der Waals surface area contributed by atoms with E-state index in [1.54, 1.807) is 0 Å². The van der Waals surface area contributed by atoms with Crippen molar-refractivity contribution in [1.82, 2.24) is 9.80 Å². The molecule has 1 saturated heterocycles. The summed E-state index contributed by atoms with van der Waals surface area (Å²) < 4.78 is 5.04. The maximum atomic E-state index is 10.8. The van der Waals surface area contributed by atoms with Crippen molar-refractivity contribution in [2.75, 3.05) is 39.8 Å². The molecule has 4 nitrogen and oxygen atoms in total. The van der Waals surface area contributed by atoms with Gasteiger partial charge in [0.05, 0.1) is 0 Å². The van der Waals surface area contributed by atoms with E-state index in [9.17, 15) is 4.79 Å². The molecule has 0 N–H and O–H groups in total. The van der Waals surface area contributed by atoms with E-state index in [0.29, 0.717) is 12.6 Å². The van der Waals surface area contributed by atoms with Crippen molar-refractivity contribution in [2.45, 2.75) is 39.2 Å². The third kappa shape index (κ3) is 5.50. The zero-order chi connectivity index (χ0) is 12.7. The molecule has 0 aliphatic carbocycles. The lowest BCUT2D eigenvalue weighted by Gasteiger charge is -2.37. The van der Waals surface area contributed by atoms with Crippen molar-refractivity contribution in [3.05, 3.63) is 0 Å². The summed E-state index contributed by atoms with van der Waals surface area (Å²) in [4.78, 5) is 15.6. The number of carbonyl (C=O) groups is 1. The monoisotopic (exact) mass is 242 g/mol. The van der Waals surface area contributed by atoms with Crippen molar-refractivity contribution < 1.29 is 9.53 Å². The van der Waals surface area contributed by atoms with Gasteiger partial charge in [-0.3, -0.25) is 9.69 Å². The average molecular weight is 242 g/mol. The van der Waals surface area contributed by atoms with Crippen LogP contribution in [0, 0.1) is 0 Å². The Morgan fingerprint density at radius 2 is 2.00 bits per heavy atom. The fraction of sp³-hybridized carbons (Fsp3) is 0.923. The van der Waals surface area contributed by atoms with E-state index in [0.717, 1.165) is 19.5 Å². The van der Waals surface area contributed by atoms with Crippen molar-refractivity contribution in [1.29, 1.82) is 0 Å². The molecule has 0 saturated carbocycles. The summed E-state index contributed by atoms with van der Waals surface area (Å²) in [6.07, 6.45) is 3.62. The second kappa shape index (κ2) is 7.67. The van der Waals surface area contributed by atoms with E-state index in [1.807, 2.05) is 0 Å². The Morgan fingerprint density at radius 3 is 2.53 bits per heavy atom. The first-order valence-electron chi connectivity index (χ1n) is 6.69. The lowest BCUT2D eigenvalue weighted by molar-refractivity contribution is -0.141. The van der Waals surface area contributed by atoms with Gasteiger partial charge in [-0.1, -0.05) is 6.92 Å². The van der Waals surface area contributed by atoms with E-state index < -0.39 is 0 Å². The molecule has 1 aliphatic heterocycles. The summed E-state index contributed by atoms with van der Waals surface area (Å²) in [5.41, 5.74) is 0. The molecule has 0 aromatic carbocycles. The zero-order valence-corrected chi connectivity index (χ0v) is 11.4. The van der Waals surface area contributed by atoms with Crippen LogP contribution in [0.1, 0.15) is 33.1 Å². The van der Waals surface area contributed by atoms with Crippen LogP contribution in [0.25, 0.3) is 0 Å². The van der Waals surface area contributed by atoms with Gasteiger partial charge in [-0.05, 0) is 45.9 Å². The lowest BCUT2D eigenvalue weighted by Crippen LogP contribution is -2.45. The number of hydrogen-bond donors (Lipinski definition) is 0. The third-order valence-corrected chi connectivity index (χ3v) is 3.40. The molecule has 1 aliphatic rings. The van der Waals surface area contributed by atoms with Gasteiger partial charge in [0.15, 0.2) is 0 Å². The first-order chi connectivity index (χ1) is 8.13. The Kier molecular flexibility index (Phi) is 6.52. The fourth-order valence-electron chi connectivity index (χ4n) is 2.43. The predicted molar refractivity (Wildman–Crippen MR) is 69.0 cm³/mol. The molecule has 0 atom stereocenters. The van der Waals surface area contributed by atoms with Gasteiger partial charge in [0.25, 0.3) is 0 Å². The predicted octanol–water partition coefficient (Wildman–Crippen LogP) is 1.36. The van der Waals surface area contributed by atoms with E-state index in [1.165, 1.54) is 32.9 Å². The smallest absolute Gasteiger partial charge is 0.302 e. The molecular weight excluding hydrogens is 216 g/mol. The Labute approximate surface area is 105 Å². The lowest BCUT2D eigenvalue weighted by atomic mass is 10.0. The molecule has 4 heteroatoms. The average Bonchev–Trinajstić information content (AvgIpc) is 2.29. The van der Waals surface area contributed by atoms with Crippen molar-refractivity contribution in [3.8, 4) is 0 Å². The van der Waals surface area contributed by atoms with Gasteiger partial charge in [0.1, 0.15) is 6.61 Å². The van der Waals surface area contributed by atoms with Crippen LogP contribution in [0.2, 0.25) is 0 Å².